The lowest BCUT2D eigenvalue weighted by molar-refractivity contribution is -0.0393. The average molecular weight is 262 g/mol. The predicted octanol–water partition coefficient (Wildman–Crippen LogP) is 2.28. The van der Waals surface area contributed by atoms with Crippen LogP contribution >= 0.6 is 0 Å². The molecule has 1 aliphatic rings. The van der Waals surface area contributed by atoms with E-state index < -0.39 is 0 Å². The van der Waals surface area contributed by atoms with Crippen LogP contribution in [0.5, 0.6) is 0 Å². The molecule has 1 aromatic carbocycles. The van der Waals surface area contributed by atoms with Crippen LogP contribution in [-0.2, 0) is 4.74 Å². The number of ether oxygens (including phenoxy) is 1. The van der Waals surface area contributed by atoms with Gasteiger partial charge in [0.05, 0.1) is 12.7 Å². The second kappa shape index (κ2) is 6.51. The summed E-state index contributed by atoms with van der Waals surface area (Å²) in [6, 6.07) is 7.27. The van der Waals surface area contributed by atoms with Crippen LogP contribution in [0.15, 0.2) is 18.2 Å². The molecule has 2 unspecified atom stereocenters. The molecule has 1 aromatic rings. The molecule has 1 heterocycles. The lowest BCUT2D eigenvalue weighted by atomic mass is 10.0. The number of benzene rings is 1. The van der Waals surface area contributed by atoms with Gasteiger partial charge in [0.1, 0.15) is 0 Å². The van der Waals surface area contributed by atoms with Gasteiger partial charge in [0.25, 0.3) is 0 Å². The van der Waals surface area contributed by atoms with Crippen molar-refractivity contribution in [2.75, 3.05) is 33.3 Å². The number of hydrogen-bond acceptors (Lipinski definition) is 3. The van der Waals surface area contributed by atoms with Crippen LogP contribution in [0.3, 0.4) is 0 Å². The Kier molecular flexibility index (Phi) is 4.97. The van der Waals surface area contributed by atoms with Gasteiger partial charge in [-0.15, -0.1) is 0 Å². The van der Waals surface area contributed by atoms with E-state index in [1.807, 2.05) is 7.05 Å². The molecule has 0 spiro atoms. The first-order chi connectivity index (χ1) is 9.11. The van der Waals surface area contributed by atoms with Gasteiger partial charge in [-0.2, -0.15) is 0 Å². The molecule has 1 saturated heterocycles. The van der Waals surface area contributed by atoms with Crippen molar-refractivity contribution in [3.63, 3.8) is 0 Å². The van der Waals surface area contributed by atoms with Gasteiger partial charge in [0.2, 0.25) is 0 Å². The fourth-order valence-electron chi connectivity index (χ4n) is 2.68. The summed E-state index contributed by atoms with van der Waals surface area (Å²) < 4.78 is 5.77. The van der Waals surface area contributed by atoms with Gasteiger partial charge < -0.3 is 10.1 Å². The molecule has 2 rings (SSSR count). The first-order valence-corrected chi connectivity index (χ1v) is 7.19. The van der Waals surface area contributed by atoms with Gasteiger partial charge in [0, 0.05) is 25.7 Å². The van der Waals surface area contributed by atoms with Crippen LogP contribution in [-0.4, -0.2) is 44.3 Å². The first-order valence-electron chi connectivity index (χ1n) is 7.19. The Bertz CT molecular complexity index is 417. The fourth-order valence-corrected chi connectivity index (χ4v) is 2.68. The molecule has 0 amide bonds. The number of morpholine rings is 1. The average Bonchev–Trinajstić information content (AvgIpc) is 2.42. The van der Waals surface area contributed by atoms with Crippen molar-refractivity contribution in [2.45, 2.75) is 32.9 Å². The summed E-state index contributed by atoms with van der Waals surface area (Å²) >= 11 is 0. The molecule has 0 bridgehead atoms. The minimum atomic E-state index is 0.313. The maximum atomic E-state index is 5.77. The molecule has 0 radical (unpaired) electrons. The van der Waals surface area contributed by atoms with Gasteiger partial charge >= 0.3 is 0 Å². The Balaban J connectivity index is 2.05. The fraction of sp³-hybridized carbons (Fsp3) is 0.625. The number of nitrogens with zero attached hydrogens (tertiary/aromatic N) is 1. The largest absolute Gasteiger partial charge is 0.374 e. The summed E-state index contributed by atoms with van der Waals surface area (Å²) in [7, 11) is 1.98. The Morgan fingerprint density at radius 1 is 1.37 bits per heavy atom. The molecule has 1 aliphatic heterocycles. The van der Waals surface area contributed by atoms with Crippen LogP contribution in [0.1, 0.15) is 29.7 Å². The predicted molar refractivity (Wildman–Crippen MR) is 79.6 cm³/mol. The SMILES string of the molecule is CNCC1CN(C(C)c2ccc(C)c(C)c2)CCO1. The third-order valence-electron chi connectivity index (χ3n) is 4.16. The van der Waals surface area contributed by atoms with E-state index in [4.69, 9.17) is 4.74 Å². The molecule has 19 heavy (non-hydrogen) atoms. The number of nitrogens with one attached hydrogen (secondary N) is 1. The van der Waals surface area contributed by atoms with Crippen molar-refractivity contribution < 1.29 is 4.74 Å². The monoisotopic (exact) mass is 262 g/mol. The Labute approximate surface area is 116 Å². The van der Waals surface area contributed by atoms with E-state index in [2.05, 4.69) is 49.2 Å². The van der Waals surface area contributed by atoms with Crippen LogP contribution < -0.4 is 5.32 Å². The normalized spacial score (nSPS) is 22.4. The quantitative estimate of drug-likeness (QED) is 0.901. The van der Waals surface area contributed by atoms with Crippen LogP contribution in [0.2, 0.25) is 0 Å². The van der Waals surface area contributed by atoms with Gasteiger partial charge in [-0.05, 0) is 44.5 Å². The zero-order valence-electron chi connectivity index (χ0n) is 12.6. The van der Waals surface area contributed by atoms with E-state index in [0.29, 0.717) is 12.1 Å². The maximum Gasteiger partial charge on any atom is 0.0826 e. The summed E-state index contributed by atoms with van der Waals surface area (Å²) in [6.07, 6.45) is 0.313. The third-order valence-corrected chi connectivity index (χ3v) is 4.16. The van der Waals surface area contributed by atoms with E-state index in [1.165, 1.54) is 16.7 Å². The second-order valence-electron chi connectivity index (χ2n) is 5.57. The van der Waals surface area contributed by atoms with E-state index in [9.17, 15) is 0 Å². The summed E-state index contributed by atoms with van der Waals surface area (Å²) in [5.41, 5.74) is 4.16. The van der Waals surface area contributed by atoms with Crippen molar-refractivity contribution in [1.82, 2.24) is 10.2 Å². The lowest BCUT2D eigenvalue weighted by Crippen LogP contribution is -2.46. The summed E-state index contributed by atoms with van der Waals surface area (Å²) in [5.74, 6) is 0. The molecule has 0 saturated carbocycles. The zero-order chi connectivity index (χ0) is 13.8. The summed E-state index contributed by atoms with van der Waals surface area (Å²) in [6.45, 7) is 10.4. The van der Waals surface area contributed by atoms with Gasteiger partial charge in [-0.3, -0.25) is 4.90 Å². The number of hydrogen-bond donors (Lipinski definition) is 1. The Morgan fingerprint density at radius 2 is 2.16 bits per heavy atom. The molecular weight excluding hydrogens is 236 g/mol. The van der Waals surface area contributed by atoms with Crippen LogP contribution in [0, 0.1) is 13.8 Å². The molecule has 2 atom stereocenters. The Morgan fingerprint density at radius 3 is 2.84 bits per heavy atom. The zero-order valence-corrected chi connectivity index (χ0v) is 12.6. The topological polar surface area (TPSA) is 24.5 Å². The molecule has 0 aromatic heterocycles. The highest BCUT2D eigenvalue weighted by Gasteiger charge is 2.24. The van der Waals surface area contributed by atoms with Crippen LogP contribution in [0.4, 0.5) is 0 Å². The van der Waals surface area contributed by atoms with E-state index in [0.717, 1.165) is 26.2 Å². The van der Waals surface area contributed by atoms with Gasteiger partial charge in [-0.25, -0.2) is 0 Å². The van der Waals surface area contributed by atoms with Gasteiger partial charge in [0.15, 0.2) is 0 Å². The van der Waals surface area contributed by atoms with Crippen LogP contribution in [0.25, 0.3) is 0 Å². The van der Waals surface area contributed by atoms with E-state index >= 15 is 0 Å². The number of likely N-dealkylation sites (N-methyl/N-ethyl adjacent to an activating group) is 1. The van der Waals surface area contributed by atoms with E-state index in [-0.39, 0.29) is 0 Å². The molecule has 3 heteroatoms. The first kappa shape index (κ1) is 14.5. The lowest BCUT2D eigenvalue weighted by Gasteiger charge is -2.37. The second-order valence-corrected chi connectivity index (χ2v) is 5.57. The summed E-state index contributed by atoms with van der Waals surface area (Å²) in [5, 5.41) is 3.20. The van der Waals surface area contributed by atoms with Gasteiger partial charge in [-0.1, -0.05) is 18.2 Å². The maximum absolute atomic E-state index is 5.77. The molecule has 1 fully saturated rings. The smallest absolute Gasteiger partial charge is 0.0826 e. The van der Waals surface area contributed by atoms with Crippen molar-refractivity contribution in [3.05, 3.63) is 34.9 Å². The highest BCUT2D eigenvalue weighted by molar-refractivity contribution is 5.31. The molecule has 1 N–H and O–H groups in total. The molecule has 106 valence electrons. The van der Waals surface area contributed by atoms with Crippen molar-refractivity contribution in [3.8, 4) is 0 Å². The minimum Gasteiger partial charge on any atom is -0.374 e. The van der Waals surface area contributed by atoms with E-state index in [1.54, 1.807) is 0 Å². The molecule has 0 aliphatic carbocycles. The number of rotatable bonds is 4. The standard InChI is InChI=1S/C16H26N2O/c1-12-5-6-15(9-13(12)2)14(3)18-7-8-19-16(11-18)10-17-4/h5-6,9,14,16-17H,7-8,10-11H2,1-4H3. The third kappa shape index (κ3) is 3.56. The molecular formula is C16H26N2O. The molecule has 3 nitrogen and oxygen atoms in total. The van der Waals surface area contributed by atoms with Crippen molar-refractivity contribution >= 4 is 0 Å². The highest BCUT2D eigenvalue weighted by Crippen LogP contribution is 2.24. The number of aryl methyl sites for hydroxylation is 2. The summed E-state index contributed by atoms with van der Waals surface area (Å²) in [4.78, 5) is 2.52. The Hall–Kier alpha value is -0.900. The minimum absolute atomic E-state index is 0.313. The van der Waals surface area contributed by atoms with Crippen molar-refractivity contribution in [1.29, 1.82) is 0 Å². The van der Waals surface area contributed by atoms with Crippen molar-refractivity contribution in [2.24, 2.45) is 0 Å². The highest BCUT2D eigenvalue weighted by atomic mass is 16.5.